The Labute approximate surface area is 162 Å². The first-order valence-corrected chi connectivity index (χ1v) is 9.28. The lowest BCUT2D eigenvalue weighted by molar-refractivity contribution is -0.137. The molecule has 1 heterocycles. The molecule has 5 nitrogen and oxygen atoms in total. The SMILES string of the molecule is CCOC(=O)c1cc(C(F)(F)F)ccc1C1CCN(C(=O)OC(C)(C)C)CC1. The second-order valence-corrected chi connectivity index (χ2v) is 7.76. The van der Waals surface area contributed by atoms with E-state index in [0.717, 1.165) is 12.1 Å². The molecule has 8 heteroatoms. The summed E-state index contributed by atoms with van der Waals surface area (Å²) in [7, 11) is 0. The van der Waals surface area contributed by atoms with Crippen LogP contribution in [0.4, 0.5) is 18.0 Å². The highest BCUT2D eigenvalue weighted by Gasteiger charge is 2.34. The van der Waals surface area contributed by atoms with Crippen molar-refractivity contribution < 1.29 is 32.2 Å². The topological polar surface area (TPSA) is 55.8 Å². The minimum absolute atomic E-state index is 0.0626. The molecule has 1 aliphatic heterocycles. The molecule has 2 rings (SSSR count). The molecule has 1 aromatic carbocycles. The van der Waals surface area contributed by atoms with Gasteiger partial charge in [-0.3, -0.25) is 0 Å². The predicted molar refractivity (Wildman–Crippen MR) is 97.2 cm³/mol. The summed E-state index contributed by atoms with van der Waals surface area (Å²) in [5, 5.41) is 0. The van der Waals surface area contributed by atoms with Gasteiger partial charge in [0.1, 0.15) is 5.60 Å². The highest BCUT2D eigenvalue weighted by Crippen LogP contribution is 2.36. The Bertz CT molecular complexity index is 717. The third-order valence-corrected chi connectivity index (χ3v) is 4.46. The van der Waals surface area contributed by atoms with Gasteiger partial charge in [-0.25, -0.2) is 9.59 Å². The van der Waals surface area contributed by atoms with Crippen LogP contribution in [0.2, 0.25) is 0 Å². The zero-order valence-corrected chi connectivity index (χ0v) is 16.6. The largest absolute Gasteiger partial charge is 0.462 e. The Kier molecular flexibility index (Phi) is 6.62. The normalized spacial score (nSPS) is 16.0. The lowest BCUT2D eigenvalue weighted by Gasteiger charge is -2.34. The number of ether oxygens (including phenoxy) is 2. The lowest BCUT2D eigenvalue weighted by atomic mass is 9.85. The Morgan fingerprint density at radius 3 is 2.25 bits per heavy atom. The standard InChI is InChI=1S/C20H26F3NO4/c1-5-27-17(25)16-12-14(20(21,22)23)6-7-15(16)13-8-10-24(11-9-13)18(26)28-19(2,3)4/h6-7,12-13H,5,8-11H2,1-4H3. The van der Waals surface area contributed by atoms with Gasteiger partial charge in [0.15, 0.2) is 0 Å². The monoisotopic (exact) mass is 401 g/mol. The van der Waals surface area contributed by atoms with Crippen molar-refractivity contribution in [2.75, 3.05) is 19.7 Å². The molecule has 0 aromatic heterocycles. The number of esters is 1. The molecule has 0 N–H and O–H groups in total. The first kappa shape index (κ1) is 22.0. The van der Waals surface area contributed by atoms with Crippen LogP contribution in [0.25, 0.3) is 0 Å². The van der Waals surface area contributed by atoms with Gasteiger partial charge in [0, 0.05) is 13.1 Å². The number of amides is 1. The van der Waals surface area contributed by atoms with Crippen molar-refractivity contribution in [3.8, 4) is 0 Å². The number of likely N-dealkylation sites (tertiary alicyclic amines) is 1. The molecular weight excluding hydrogens is 375 g/mol. The van der Waals surface area contributed by atoms with Crippen molar-refractivity contribution >= 4 is 12.1 Å². The molecule has 1 fully saturated rings. The Morgan fingerprint density at radius 1 is 1.14 bits per heavy atom. The number of rotatable bonds is 3. The Balaban J connectivity index is 2.19. The summed E-state index contributed by atoms with van der Waals surface area (Å²) in [6.07, 6.45) is -3.91. The lowest BCUT2D eigenvalue weighted by Crippen LogP contribution is -2.41. The summed E-state index contributed by atoms with van der Waals surface area (Å²) in [5.41, 5.74) is -1.02. The predicted octanol–water partition coefficient (Wildman–Crippen LogP) is 5.00. The van der Waals surface area contributed by atoms with Crippen LogP contribution in [-0.4, -0.2) is 42.3 Å². The Morgan fingerprint density at radius 2 is 1.75 bits per heavy atom. The first-order valence-electron chi connectivity index (χ1n) is 9.28. The summed E-state index contributed by atoms with van der Waals surface area (Å²) < 4.78 is 49.5. The van der Waals surface area contributed by atoms with E-state index in [9.17, 15) is 22.8 Å². The number of carbonyl (C=O) groups excluding carboxylic acids is 2. The molecule has 1 aromatic rings. The number of hydrogen-bond donors (Lipinski definition) is 0. The third kappa shape index (κ3) is 5.62. The zero-order valence-electron chi connectivity index (χ0n) is 16.6. The summed E-state index contributed by atoms with van der Waals surface area (Å²) in [6.45, 7) is 7.84. The average Bonchev–Trinajstić information content (AvgIpc) is 2.59. The molecule has 0 aliphatic carbocycles. The maximum absolute atomic E-state index is 13.1. The molecule has 1 saturated heterocycles. The van der Waals surface area contributed by atoms with Crippen molar-refractivity contribution in [3.63, 3.8) is 0 Å². The van der Waals surface area contributed by atoms with E-state index in [1.54, 1.807) is 32.6 Å². The summed E-state index contributed by atoms with van der Waals surface area (Å²) in [6, 6.07) is 3.19. The molecule has 0 bridgehead atoms. The van der Waals surface area contributed by atoms with Gasteiger partial charge < -0.3 is 14.4 Å². The van der Waals surface area contributed by atoms with E-state index in [4.69, 9.17) is 9.47 Å². The number of benzene rings is 1. The molecule has 1 amide bonds. The van der Waals surface area contributed by atoms with Gasteiger partial charge in [0.25, 0.3) is 0 Å². The van der Waals surface area contributed by atoms with Crippen LogP contribution in [0.15, 0.2) is 18.2 Å². The van der Waals surface area contributed by atoms with E-state index < -0.39 is 29.4 Å². The van der Waals surface area contributed by atoms with Crippen molar-refractivity contribution in [1.29, 1.82) is 0 Å². The van der Waals surface area contributed by atoms with Crippen LogP contribution >= 0.6 is 0 Å². The fourth-order valence-corrected chi connectivity index (χ4v) is 3.17. The van der Waals surface area contributed by atoms with Gasteiger partial charge >= 0.3 is 18.2 Å². The summed E-state index contributed by atoms with van der Waals surface area (Å²) in [4.78, 5) is 26.0. The summed E-state index contributed by atoms with van der Waals surface area (Å²) in [5.74, 6) is -0.904. The van der Waals surface area contributed by atoms with E-state index in [1.807, 2.05) is 0 Å². The van der Waals surface area contributed by atoms with Crippen molar-refractivity contribution in [1.82, 2.24) is 4.90 Å². The van der Waals surface area contributed by atoms with Gasteiger partial charge in [-0.15, -0.1) is 0 Å². The molecule has 0 unspecified atom stereocenters. The van der Waals surface area contributed by atoms with Crippen molar-refractivity contribution in [2.45, 2.75) is 58.2 Å². The van der Waals surface area contributed by atoms with Crippen LogP contribution in [0, 0.1) is 0 Å². The number of piperidine rings is 1. The maximum Gasteiger partial charge on any atom is 0.416 e. The van der Waals surface area contributed by atoms with Gasteiger partial charge in [0.05, 0.1) is 17.7 Å². The van der Waals surface area contributed by atoms with Gasteiger partial charge in [-0.05, 0) is 64.2 Å². The van der Waals surface area contributed by atoms with Crippen molar-refractivity contribution in [3.05, 3.63) is 34.9 Å². The quantitative estimate of drug-likeness (QED) is 0.669. The van der Waals surface area contributed by atoms with Crippen LogP contribution in [0.3, 0.4) is 0 Å². The van der Waals surface area contributed by atoms with Crippen LogP contribution < -0.4 is 0 Å². The van der Waals surface area contributed by atoms with Crippen LogP contribution in [-0.2, 0) is 15.7 Å². The van der Waals surface area contributed by atoms with Crippen LogP contribution in [0.5, 0.6) is 0 Å². The second kappa shape index (κ2) is 8.41. The fourth-order valence-electron chi connectivity index (χ4n) is 3.17. The van der Waals surface area contributed by atoms with Crippen molar-refractivity contribution in [2.24, 2.45) is 0 Å². The number of carbonyl (C=O) groups is 2. The number of halogens is 3. The minimum atomic E-state index is -4.54. The van der Waals surface area contributed by atoms with Crippen LogP contribution in [0.1, 0.15) is 67.9 Å². The Hall–Kier alpha value is -2.25. The molecule has 1 aliphatic rings. The molecule has 0 radical (unpaired) electrons. The van der Waals surface area contributed by atoms with Gasteiger partial charge in [0.2, 0.25) is 0 Å². The van der Waals surface area contributed by atoms with E-state index >= 15 is 0 Å². The number of nitrogens with zero attached hydrogens (tertiary/aromatic N) is 1. The second-order valence-electron chi connectivity index (χ2n) is 7.76. The molecular formula is C20H26F3NO4. The zero-order chi connectivity index (χ0) is 21.1. The molecule has 28 heavy (non-hydrogen) atoms. The smallest absolute Gasteiger partial charge is 0.416 e. The molecule has 156 valence electrons. The highest BCUT2D eigenvalue weighted by molar-refractivity contribution is 5.91. The maximum atomic E-state index is 13.1. The average molecular weight is 401 g/mol. The van der Waals surface area contributed by atoms with E-state index in [0.29, 0.717) is 31.5 Å². The van der Waals surface area contributed by atoms with Gasteiger partial charge in [-0.1, -0.05) is 6.07 Å². The first-order chi connectivity index (χ1) is 12.9. The molecule has 0 spiro atoms. The van der Waals surface area contributed by atoms with Gasteiger partial charge in [-0.2, -0.15) is 13.2 Å². The summed E-state index contributed by atoms with van der Waals surface area (Å²) >= 11 is 0. The highest BCUT2D eigenvalue weighted by atomic mass is 19.4. The van der Waals surface area contributed by atoms with E-state index in [1.165, 1.54) is 6.07 Å². The molecule has 0 atom stereocenters. The van der Waals surface area contributed by atoms with E-state index in [2.05, 4.69) is 0 Å². The number of hydrogen-bond acceptors (Lipinski definition) is 4. The number of alkyl halides is 3. The van der Waals surface area contributed by atoms with E-state index in [-0.39, 0.29) is 18.1 Å². The molecule has 0 saturated carbocycles. The third-order valence-electron chi connectivity index (χ3n) is 4.46. The minimum Gasteiger partial charge on any atom is -0.462 e. The fraction of sp³-hybridized carbons (Fsp3) is 0.600.